The van der Waals surface area contributed by atoms with Gasteiger partial charge in [0.2, 0.25) is 5.91 Å². The fraction of sp³-hybridized carbons (Fsp3) is 0.333. The average molecular weight is 310 g/mol. The third-order valence-corrected chi connectivity index (χ3v) is 4.16. The first-order valence-corrected chi connectivity index (χ1v) is 6.73. The number of β-lactam (4-membered cyclic amide) rings is 1. The molecule has 0 unspecified atom stereocenters. The van der Waals surface area contributed by atoms with Crippen molar-refractivity contribution in [2.45, 2.75) is 25.5 Å². The number of aliphatic hydroxyl groups is 1. The zero-order valence-electron chi connectivity index (χ0n) is 12.4. The average Bonchev–Trinajstić information content (AvgIpc) is 2.73. The number of benzene rings is 1. The molecule has 0 bridgehead atoms. The Morgan fingerprint density at radius 2 is 2.18 bits per heavy atom. The summed E-state index contributed by atoms with van der Waals surface area (Å²) in [6.45, 7) is 1.54. The maximum atomic E-state index is 12.1. The Labute approximate surface area is 149 Å². The standard InChI is InChI=1S/C15H16N2O4.Na/c1-7(18)12-11-6-10(8-3-2-4-9(16)5-8)13(15(20)21)17(11)14(12)19;/h2-5,7,11-12,18H,6,16H2,1H3,(H,20,21);/q;+1/p-1/t7-,11-,12-;/m1./s1. The minimum absolute atomic E-state index is 0. The maximum absolute atomic E-state index is 12.1. The van der Waals surface area contributed by atoms with Gasteiger partial charge in [-0.1, -0.05) is 12.1 Å². The zero-order chi connectivity index (χ0) is 15.3. The molecule has 3 atom stereocenters. The van der Waals surface area contributed by atoms with Crippen LogP contribution in [-0.2, 0) is 9.59 Å². The molecule has 1 saturated heterocycles. The van der Waals surface area contributed by atoms with Crippen LogP contribution in [-0.4, -0.2) is 34.0 Å². The molecule has 0 aromatic heterocycles. The van der Waals surface area contributed by atoms with Gasteiger partial charge >= 0.3 is 29.6 Å². The van der Waals surface area contributed by atoms with E-state index in [9.17, 15) is 19.8 Å². The number of nitrogen functional groups attached to an aromatic ring is 1. The molecule has 110 valence electrons. The molecule has 1 aromatic carbocycles. The molecule has 1 fully saturated rings. The summed E-state index contributed by atoms with van der Waals surface area (Å²) in [6, 6.07) is 6.54. The third-order valence-electron chi connectivity index (χ3n) is 4.16. The summed E-state index contributed by atoms with van der Waals surface area (Å²) in [5.41, 5.74) is 7.34. The van der Waals surface area contributed by atoms with E-state index >= 15 is 0 Å². The van der Waals surface area contributed by atoms with Crippen LogP contribution in [0.4, 0.5) is 5.69 Å². The Balaban J connectivity index is 0.00000176. The molecule has 0 saturated carbocycles. The summed E-state index contributed by atoms with van der Waals surface area (Å²) < 4.78 is 0. The first kappa shape index (κ1) is 17.0. The first-order chi connectivity index (χ1) is 9.91. The molecule has 2 heterocycles. The van der Waals surface area contributed by atoms with Crippen molar-refractivity contribution in [2.24, 2.45) is 5.92 Å². The zero-order valence-corrected chi connectivity index (χ0v) is 14.4. The topological polar surface area (TPSA) is 107 Å². The molecule has 0 radical (unpaired) electrons. The van der Waals surface area contributed by atoms with Gasteiger partial charge in [0.15, 0.2) is 0 Å². The number of carbonyl (C=O) groups is 2. The van der Waals surface area contributed by atoms with Crippen LogP contribution in [0.3, 0.4) is 0 Å². The summed E-state index contributed by atoms with van der Waals surface area (Å²) in [4.78, 5) is 24.7. The van der Waals surface area contributed by atoms with E-state index < -0.39 is 18.0 Å². The van der Waals surface area contributed by atoms with Crippen LogP contribution in [0.2, 0.25) is 0 Å². The molecule has 3 N–H and O–H groups in total. The second-order valence-electron chi connectivity index (χ2n) is 5.49. The van der Waals surface area contributed by atoms with Crippen molar-refractivity contribution in [2.75, 3.05) is 5.73 Å². The van der Waals surface area contributed by atoms with Crippen molar-refractivity contribution >= 4 is 23.1 Å². The monoisotopic (exact) mass is 310 g/mol. The number of fused-ring (bicyclic) bond motifs is 1. The van der Waals surface area contributed by atoms with Gasteiger partial charge in [0.25, 0.3) is 0 Å². The molecule has 22 heavy (non-hydrogen) atoms. The van der Waals surface area contributed by atoms with Crippen molar-refractivity contribution in [3.8, 4) is 0 Å². The van der Waals surface area contributed by atoms with E-state index in [2.05, 4.69) is 0 Å². The van der Waals surface area contributed by atoms with Gasteiger partial charge in [-0.05, 0) is 36.6 Å². The smallest absolute Gasteiger partial charge is 0.543 e. The van der Waals surface area contributed by atoms with Gasteiger partial charge in [0.1, 0.15) is 0 Å². The number of nitrogens with zero attached hydrogens (tertiary/aromatic N) is 1. The fourth-order valence-corrected chi connectivity index (χ4v) is 3.24. The number of carboxylic acids is 1. The summed E-state index contributed by atoms with van der Waals surface area (Å²) in [5, 5.41) is 21.1. The molecule has 0 spiro atoms. The largest absolute Gasteiger partial charge is 1.00 e. The van der Waals surface area contributed by atoms with Gasteiger partial charge in [-0.3, -0.25) is 4.79 Å². The van der Waals surface area contributed by atoms with E-state index in [1.807, 2.05) is 0 Å². The molecule has 2 aliphatic rings. The predicted octanol–water partition coefficient (Wildman–Crippen LogP) is -3.65. The minimum Gasteiger partial charge on any atom is -0.543 e. The second kappa shape index (κ2) is 6.04. The van der Waals surface area contributed by atoms with E-state index in [1.54, 1.807) is 24.3 Å². The summed E-state index contributed by atoms with van der Waals surface area (Å²) in [7, 11) is 0. The number of hydrogen-bond donors (Lipinski definition) is 2. The molecule has 0 aliphatic carbocycles. The van der Waals surface area contributed by atoms with Crippen LogP contribution in [0.25, 0.3) is 5.57 Å². The SMILES string of the molecule is C[C@@H](O)[C@H]1C(=O)N2C(C(=O)[O-])=C(c3cccc(N)c3)C[C@H]12.[Na+]. The Morgan fingerprint density at radius 3 is 2.73 bits per heavy atom. The number of hydrogen-bond acceptors (Lipinski definition) is 5. The Morgan fingerprint density at radius 1 is 1.50 bits per heavy atom. The van der Waals surface area contributed by atoms with Gasteiger partial charge in [0.05, 0.1) is 29.7 Å². The number of aliphatic carboxylic acids is 1. The normalized spacial score (nSPS) is 24.5. The molecular formula is C15H15N2NaO4. The Hall–Kier alpha value is -1.34. The molecule has 1 amide bonds. The molecule has 3 rings (SSSR count). The number of amides is 1. The van der Waals surface area contributed by atoms with Crippen LogP contribution in [0.15, 0.2) is 30.0 Å². The van der Waals surface area contributed by atoms with Crippen molar-refractivity contribution in [1.29, 1.82) is 0 Å². The van der Waals surface area contributed by atoms with Gasteiger partial charge in [0, 0.05) is 5.69 Å². The van der Waals surface area contributed by atoms with Crippen LogP contribution < -0.4 is 40.4 Å². The minimum atomic E-state index is -1.38. The summed E-state index contributed by atoms with van der Waals surface area (Å²) in [5.74, 6) is -2.31. The van der Waals surface area contributed by atoms with E-state index in [0.717, 1.165) is 0 Å². The van der Waals surface area contributed by atoms with Gasteiger partial charge in [-0.15, -0.1) is 0 Å². The first-order valence-electron chi connectivity index (χ1n) is 6.73. The number of carboxylic acid groups (broad SMARTS) is 1. The van der Waals surface area contributed by atoms with Gasteiger partial charge < -0.3 is 25.6 Å². The molecule has 1 aromatic rings. The molecule has 6 nitrogen and oxygen atoms in total. The van der Waals surface area contributed by atoms with E-state index in [1.165, 1.54) is 11.8 Å². The fourth-order valence-electron chi connectivity index (χ4n) is 3.24. The van der Waals surface area contributed by atoms with E-state index in [4.69, 9.17) is 5.73 Å². The molecule has 2 aliphatic heterocycles. The number of carbonyl (C=O) groups excluding carboxylic acids is 2. The van der Waals surface area contributed by atoms with Crippen molar-refractivity contribution < 1.29 is 49.4 Å². The van der Waals surface area contributed by atoms with Crippen molar-refractivity contribution in [1.82, 2.24) is 4.90 Å². The van der Waals surface area contributed by atoms with Gasteiger partial charge in [-0.2, -0.15) is 0 Å². The van der Waals surface area contributed by atoms with Crippen molar-refractivity contribution in [3.05, 3.63) is 35.5 Å². The van der Waals surface area contributed by atoms with Crippen LogP contribution in [0.1, 0.15) is 18.9 Å². The van der Waals surface area contributed by atoms with E-state index in [-0.39, 0.29) is 47.2 Å². The van der Waals surface area contributed by atoms with E-state index in [0.29, 0.717) is 23.2 Å². The van der Waals surface area contributed by atoms with Crippen LogP contribution in [0.5, 0.6) is 0 Å². The van der Waals surface area contributed by atoms with Crippen molar-refractivity contribution in [3.63, 3.8) is 0 Å². The summed E-state index contributed by atoms with van der Waals surface area (Å²) >= 11 is 0. The molecular weight excluding hydrogens is 295 g/mol. The number of nitrogens with two attached hydrogens (primary N) is 1. The third kappa shape index (κ3) is 2.46. The van der Waals surface area contributed by atoms with Gasteiger partial charge in [-0.25, -0.2) is 0 Å². The number of aliphatic hydroxyl groups excluding tert-OH is 1. The molecule has 7 heteroatoms. The second-order valence-corrected chi connectivity index (χ2v) is 5.49. The Kier molecular flexibility index (Phi) is 4.67. The predicted molar refractivity (Wildman–Crippen MR) is 73.2 cm³/mol. The number of rotatable bonds is 3. The van der Waals surface area contributed by atoms with Crippen LogP contribution in [0, 0.1) is 5.92 Å². The Bertz CT molecular complexity index is 671. The quantitative estimate of drug-likeness (QED) is 0.340. The maximum Gasteiger partial charge on any atom is 1.00 e. The van der Waals surface area contributed by atoms with Crippen LogP contribution >= 0.6 is 0 Å². The summed E-state index contributed by atoms with van der Waals surface area (Å²) in [6.07, 6.45) is -0.421. The number of anilines is 1.